The van der Waals surface area contributed by atoms with Crippen LogP contribution in [0.2, 0.25) is 0 Å². The Bertz CT molecular complexity index is 353. The quantitative estimate of drug-likeness (QED) is 0.858. The molecule has 96 valence electrons. The van der Waals surface area contributed by atoms with Gasteiger partial charge in [-0.25, -0.2) is 0 Å². The zero-order valence-corrected chi connectivity index (χ0v) is 10.6. The molecule has 0 radical (unpaired) electrons. The average molecular weight is 239 g/mol. The van der Waals surface area contributed by atoms with Gasteiger partial charge in [-0.05, 0) is 32.7 Å². The Kier molecular flexibility index (Phi) is 4.12. The van der Waals surface area contributed by atoms with Gasteiger partial charge >= 0.3 is 0 Å². The molecule has 1 aliphatic rings. The molecule has 1 saturated heterocycles. The predicted octanol–water partition coefficient (Wildman–Crippen LogP) is 1.33. The highest BCUT2D eigenvalue weighted by Crippen LogP contribution is 2.25. The van der Waals surface area contributed by atoms with Gasteiger partial charge in [-0.1, -0.05) is 12.1 Å². The van der Waals surface area contributed by atoms with Crippen LogP contribution in [0.25, 0.3) is 0 Å². The number of aliphatic hydroxyl groups is 1. The van der Waals surface area contributed by atoms with Crippen LogP contribution in [-0.4, -0.2) is 45.9 Å². The molecule has 2 rings (SSSR count). The highest BCUT2D eigenvalue weighted by Gasteiger charge is 2.26. The van der Waals surface area contributed by atoms with Crippen molar-refractivity contribution in [3.05, 3.63) is 11.7 Å². The van der Waals surface area contributed by atoms with Crippen LogP contribution in [-0.2, 0) is 0 Å². The zero-order chi connectivity index (χ0) is 12.3. The predicted molar refractivity (Wildman–Crippen MR) is 63.7 cm³/mol. The van der Waals surface area contributed by atoms with Crippen molar-refractivity contribution in [1.29, 1.82) is 0 Å². The molecule has 0 saturated carbocycles. The van der Waals surface area contributed by atoms with Crippen molar-refractivity contribution in [2.75, 3.05) is 19.6 Å². The van der Waals surface area contributed by atoms with E-state index in [-0.39, 0.29) is 6.10 Å². The van der Waals surface area contributed by atoms with E-state index in [0.717, 1.165) is 44.8 Å². The van der Waals surface area contributed by atoms with Gasteiger partial charge in [0, 0.05) is 13.1 Å². The normalized spacial score (nSPS) is 23.8. The first-order valence-electron chi connectivity index (χ1n) is 6.39. The van der Waals surface area contributed by atoms with Crippen LogP contribution >= 0.6 is 0 Å². The second-order valence-corrected chi connectivity index (χ2v) is 4.84. The minimum absolute atomic E-state index is 0.224. The fourth-order valence-electron chi connectivity index (χ4n) is 2.33. The van der Waals surface area contributed by atoms with E-state index < -0.39 is 0 Å². The third-order valence-corrected chi connectivity index (χ3v) is 3.34. The molecule has 0 amide bonds. The summed E-state index contributed by atoms with van der Waals surface area (Å²) in [6, 6.07) is 0. The third-order valence-electron chi connectivity index (χ3n) is 3.34. The molecule has 1 fully saturated rings. The van der Waals surface area contributed by atoms with Crippen molar-refractivity contribution >= 4 is 0 Å². The number of β-amino-alcohol motifs (C(OH)–C–C–N with tert-alkyl or cyclic N) is 1. The number of likely N-dealkylation sites (tertiary alicyclic amines) is 1. The van der Waals surface area contributed by atoms with E-state index in [9.17, 15) is 5.11 Å². The Balaban J connectivity index is 1.93. The molecule has 2 unspecified atom stereocenters. The van der Waals surface area contributed by atoms with Gasteiger partial charge in [0.15, 0.2) is 5.82 Å². The molecule has 17 heavy (non-hydrogen) atoms. The third kappa shape index (κ3) is 3.26. The molecule has 5 nitrogen and oxygen atoms in total. The van der Waals surface area contributed by atoms with Crippen LogP contribution in [0.5, 0.6) is 0 Å². The first-order valence-corrected chi connectivity index (χ1v) is 6.39. The van der Waals surface area contributed by atoms with Gasteiger partial charge in [0.2, 0.25) is 5.89 Å². The summed E-state index contributed by atoms with van der Waals surface area (Å²) in [4.78, 5) is 6.59. The molecule has 2 heterocycles. The molecule has 2 atom stereocenters. The minimum Gasteiger partial charge on any atom is -0.392 e. The summed E-state index contributed by atoms with van der Waals surface area (Å²) in [5, 5.41) is 13.5. The molecule has 0 aliphatic carbocycles. The van der Waals surface area contributed by atoms with Crippen molar-refractivity contribution in [2.24, 2.45) is 0 Å². The van der Waals surface area contributed by atoms with Crippen molar-refractivity contribution in [2.45, 2.75) is 45.1 Å². The fourth-order valence-corrected chi connectivity index (χ4v) is 2.33. The summed E-state index contributed by atoms with van der Waals surface area (Å²) in [5.74, 6) is 1.78. The standard InChI is InChI=1S/C12H21N3O2/c1-3-11(16)8-15-6-4-5-10(7-15)12-13-9(2)14-17-12/h10-11,16H,3-8H2,1-2H3. The molecule has 1 aliphatic heterocycles. The van der Waals surface area contributed by atoms with E-state index in [2.05, 4.69) is 15.0 Å². The van der Waals surface area contributed by atoms with E-state index in [1.54, 1.807) is 0 Å². The fraction of sp³-hybridized carbons (Fsp3) is 0.833. The second kappa shape index (κ2) is 5.60. The molecule has 1 N–H and O–H groups in total. The van der Waals surface area contributed by atoms with E-state index in [0.29, 0.717) is 11.7 Å². The van der Waals surface area contributed by atoms with Crippen LogP contribution < -0.4 is 0 Å². The number of aromatic nitrogens is 2. The number of piperidine rings is 1. The van der Waals surface area contributed by atoms with Crippen LogP contribution in [0.15, 0.2) is 4.52 Å². The van der Waals surface area contributed by atoms with Crippen LogP contribution in [0.4, 0.5) is 0 Å². The first-order chi connectivity index (χ1) is 8.19. The SMILES string of the molecule is CCC(O)CN1CCCC(c2nc(C)no2)C1. The number of aryl methyl sites for hydroxylation is 1. The molecule has 0 bridgehead atoms. The highest BCUT2D eigenvalue weighted by molar-refractivity contribution is 4.96. The lowest BCUT2D eigenvalue weighted by atomic mass is 9.97. The summed E-state index contributed by atoms with van der Waals surface area (Å²) in [6.45, 7) is 6.57. The first kappa shape index (κ1) is 12.5. The lowest BCUT2D eigenvalue weighted by Gasteiger charge is -2.32. The van der Waals surface area contributed by atoms with E-state index >= 15 is 0 Å². The smallest absolute Gasteiger partial charge is 0.231 e. The topological polar surface area (TPSA) is 62.4 Å². The summed E-state index contributed by atoms with van der Waals surface area (Å²) >= 11 is 0. The Morgan fingerprint density at radius 3 is 3.06 bits per heavy atom. The summed E-state index contributed by atoms with van der Waals surface area (Å²) in [7, 11) is 0. The van der Waals surface area contributed by atoms with Gasteiger partial charge in [0.05, 0.1) is 12.0 Å². The lowest BCUT2D eigenvalue weighted by molar-refractivity contribution is 0.0886. The number of aliphatic hydroxyl groups excluding tert-OH is 1. The van der Waals surface area contributed by atoms with Crippen LogP contribution in [0.3, 0.4) is 0 Å². The van der Waals surface area contributed by atoms with E-state index in [1.165, 1.54) is 0 Å². The Labute approximate surface area is 102 Å². The maximum atomic E-state index is 9.68. The number of rotatable bonds is 4. The van der Waals surface area contributed by atoms with Crippen LogP contribution in [0.1, 0.15) is 43.8 Å². The van der Waals surface area contributed by atoms with Gasteiger partial charge in [0.25, 0.3) is 0 Å². The molecular weight excluding hydrogens is 218 g/mol. The zero-order valence-electron chi connectivity index (χ0n) is 10.6. The Morgan fingerprint density at radius 2 is 2.41 bits per heavy atom. The van der Waals surface area contributed by atoms with Gasteiger partial charge in [-0.2, -0.15) is 4.98 Å². The minimum atomic E-state index is -0.224. The van der Waals surface area contributed by atoms with Gasteiger partial charge in [-0.3, -0.25) is 4.90 Å². The summed E-state index contributed by atoms with van der Waals surface area (Å²) in [5.41, 5.74) is 0. The van der Waals surface area contributed by atoms with Crippen molar-refractivity contribution < 1.29 is 9.63 Å². The maximum absolute atomic E-state index is 9.68. The lowest BCUT2D eigenvalue weighted by Crippen LogP contribution is -2.39. The van der Waals surface area contributed by atoms with Crippen molar-refractivity contribution in [1.82, 2.24) is 15.0 Å². The molecule has 0 spiro atoms. The number of hydrogen-bond donors (Lipinski definition) is 1. The Morgan fingerprint density at radius 1 is 1.59 bits per heavy atom. The van der Waals surface area contributed by atoms with E-state index in [4.69, 9.17) is 4.52 Å². The number of hydrogen-bond acceptors (Lipinski definition) is 5. The summed E-state index contributed by atoms with van der Waals surface area (Å²) < 4.78 is 5.23. The molecule has 5 heteroatoms. The number of nitrogens with zero attached hydrogens (tertiary/aromatic N) is 3. The molecule has 0 aromatic carbocycles. The Hall–Kier alpha value is -0.940. The molecular formula is C12H21N3O2. The summed E-state index contributed by atoms with van der Waals surface area (Å²) in [6.07, 6.45) is 2.81. The van der Waals surface area contributed by atoms with Gasteiger partial charge in [-0.15, -0.1) is 0 Å². The highest BCUT2D eigenvalue weighted by atomic mass is 16.5. The van der Waals surface area contributed by atoms with Gasteiger partial charge in [0.1, 0.15) is 0 Å². The van der Waals surface area contributed by atoms with Gasteiger partial charge < -0.3 is 9.63 Å². The van der Waals surface area contributed by atoms with Crippen LogP contribution in [0, 0.1) is 6.92 Å². The van der Waals surface area contributed by atoms with Crippen molar-refractivity contribution in [3.63, 3.8) is 0 Å². The second-order valence-electron chi connectivity index (χ2n) is 4.84. The van der Waals surface area contributed by atoms with Crippen molar-refractivity contribution in [3.8, 4) is 0 Å². The van der Waals surface area contributed by atoms with E-state index in [1.807, 2.05) is 13.8 Å². The average Bonchev–Trinajstić information content (AvgIpc) is 2.76. The maximum Gasteiger partial charge on any atom is 0.231 e. The largest absolute Gasteiger partial charge is 0.392 e. The monoisotopic (exact) mass is 239 g/mol. The molecule has 1 aromatic rings. The molecule has 1 aromatic heterocycles.